The zero-order chi connectivity index (χ0) is 16.6. The fourth-order valence-electron chi connectivity index (χ4n) is 2.78. The maximum absolute atomic E-state index is 6.17. The lowest BCUT2D eigenvalue weighted by Gasteiger charge is -2.47. The van der Waals surface area contributed by atoms with Gasteiger partial charge in [-0.05, 0) is 33.3 Å². The first-order valence-electron chi connectivity index (χ1n) is 7.54. The van der Waals surface area contributed by atoms with Gasteiger partial charge in [0, 0.05) is 12.4 Å². The molecule has 3 unspecified atom stereocenters. The summed E-state index contributed by atoms with van der Waals surface area (Å²) in [4.78, 5) is 8.05. The van der Waals surface area contributed by atoms with E-state index >= 15 is 0 Å². The number of nitrogens with one attached hydrogen (secondary N) is 1. The molecular weight excluding hydrogens is 316 g/mol. The van der Waals surface area contributed by atoms with Crippen molar-refractivity contribution >= 4 is 23.2 Å². The van der Waals surface area contributed by atoms with Gasteiger partial charge in [-0.2, -0.15) is 5.10 Å². The van der Waals surface area contributed by atoms with Gasteiger partial charge in [-0.25, -0.2) is 9.97 Å². The molecular formula is C15H21ClN6O. The van der Waals surface area contributed by atoms with E-state index < -0.39 is 0 Å². The van der Waals surface area contributed by atoms with Gasteiger partial charge in [-0.1, -0.05) is 11.6 Å². The first-order valence-corrected chi connectivity index (χ1v) is 7.92. The summed E-state index contributed by atoms with van der Waals surface area (Å²) in [5.74, 6) is 0.803. The van der Waals surface area contributed by atoms with Crippen LogP contribution in [0.15, 0.2) is 24.8 Å². The molecule has 1 saturated carbocycles. The van der Waals surface area contributed by atoms with Crippen molar-refractivity contribution in [3.8, 4) is 0 Å². The van der Waals surface area contributed by atoms with Crippen LogP contribution in [0.4, 0.5) is 11.6 Å². The van der Waals surface area contributed by atoms with Crippen LogP contribution < -0.4 is 11.1 Å². The van der Waals surface area contributed by atoms with E-state index in [1.54, 1.807) is 6.20 Å². The second kappa shape index (κ2) is 5.98. The summed E-state index contributed by atoms with van der Waals surface area (Å²) in [6.07, 6.45) is 6.01. The molecule has 1 aliphatic carbocycles. The number of ether oxygens (including phenoxy) is 1. The summed E-state index contributed by atoms with van der Waals surface area (Å²) < 4.78 is 8.05. The Morgan fingerprint density at radius 2 is 2.17 bits per heavy atom. The van der Waals surface area contributed by atoms with Crippen LogP contribution in [0.3, 0.4) is 0 Å². The van der Waals surface area contributed by atoms with Gasteiger partial charge in [-0.15, -0.1) is 0 Å². The molecule has 2 aromatic heterocycles. The Morgan fingerprint density at radius 1 is 1.39 bits per heavy atom. The minimum Gasteiger partial charge on any atom is -0.382 e. The number of hydrogen-bond acceptors (Lipinski definition) is 6. The Hall–Kier alpha value is -1.86. The Bertz CT molecular complexity index is 669. The molecule has 2 aromatic rings. The highest BCUT2D eigenvalue weighted by molar-refractivity contribution is 6.35. The predicted molar refractivity (Wildman–Crippen MR) is 89.4 cm³/mol. The fraction of sp³-hybridized carbons (Fsp3) is 0.533. The smallest absolute Gasteiger partial charge is 0.150 e. The molecule has 3 atom stereocenters. The standard InChI is InChI=1S/C15H21ClN6O/c1-15(2,3)23-10-7-9(12(10)22-6-4-5-20-22)21-14-11(16)13(17)18-8-19-14/h4-6,8-10,12H,7H2,1-3H3,(H3,17,18,19,21). The minimum atomic E-state index is -0.210. The number of nitrogens with two attached hydrogens (primary N) is 1. The maximum atomic E-state index is 6.17. The van der Waals surface area contributed by atoms with Crippen LogP contribution >= 0.6 is 11.6 Å². The molecule has 23 heavy (non-hydrogen) atoms. The van der Waals surface area contributed by atoms with Crippen LogP contribution in [0.5, 0.6) is 0 Å². The van der Waals surface area contributed by atoms with Gasteiger partial charge in [0.15, 0.2) is 5.82 Å². The molecule has 0 saturated heterocycles. The molecule has 2 heterocycles. The molecule has 7 nitrogen and oxygen atoms in total. The molecule has 0 aliphatic heterocycles. The van der Waals surface area contributed by atoms with Crippen molar-refractivity contribution in [2.45, 2.75) is 51.0 Å². The lowest BCUT2D eigenvalue weighted by atomic mass is 9.82. The third-order valence-electron chi connectivity index (χ3n) is 3.75. The quantitative estimate of drug-likeness (QED) is 0.891. The van der Waals surface area contributed by atoms with E-state index in [0.717, 1.165) is 6.42 Å². The van der Waals surface area contributed by atoms with Gasteiger partial charge in [-0.3, -0.25) is 4.68 Å². The van der Waals surface area contributed by atoms with Gasteiger partial charge in [0.05, 0.1) is 23.8 Å². The van der Waals surface area contributed by atoms with E-state index in [0.29, 0.717) is 10.8 Å². The van der Waals surface area contributed by atoms with Crippen molar-refractivity contribution in [3.63, 3.8) is 0 Å². The van der Waals surface area contributed by atoms with Crippen molar-refractivity contribution in [1.29, 1.82) is 0 Å². The van der Waals surface area contributed by atoms with Gasteiger partial charge >= 0.3 is 0 Å². The summed E-state index contributed by atoms with van der Waals surface area (Å²) in [5.41, 5.74) is 5.52. The highest BCUT2D eigenvalue weighted by Gasteiger charge is 2.45. The summed E-state index contributed by atoms with van der Waals surface area (Å²) in [6, 6.07) is 2.07. The summed E-state index contributed by atoms with van der Waals surface area (Å²) in [7, 11) is 0. The number of hydrogen-bond donors (Lipinski definition) is 2. The number of rotatable bonds is 4. The highest BCUT2D eigenvalue weighted by atomic mass is 35.5. The molecule has 3 N–H and O–H groups in total. The SMILES string of the molecule is CC(C)(C)OC1CC(Nc2ncnc(N)c2Cl)C1n1cccn1. The first-order chi connectivity index (χ1) is 10.8. The van der Waals surface area contributed by atoms with Crippen molar-refractivity contribution < 1.29 is 4.74 Å². The second-order valence-electron chi connectivity index (χ2n) is 6.65. The Morgan fingerprint density at radius 3 is 2.83 bits per heavy atom. The number of nitrogen functional groups attached to an aromatic ring is 1. The van der Waals surface area contributed by atoms with Crippen molar-refractivity contribution in [2.24, 2.45) is 0 Å². The van der Waals surface area contributed by atoms with Crippen molar-refractivity contribution in [3.05, 3.63) is 29.8 Å². The van der Waals surface area contributed by atoms with Crippen LogP contribution in [0.25, 0.3) is 0 Å². The van der Waals surface area contributed by atoms with Gasteiger partial charge < -0.3 is 15.8 Å². The number of nitrogens with zero attached hydrogens (tertiary/aromatic N) is 4. The molecule has 0 spiro atoms. The van der Waals surface area contributed by atoms with Crippen LogP contribution in [-0.4, -0.2) is 37.5 Å². The van der Waals surface area contributed by atoms with Crippen molar-refractivity contribution in [1.82, 2.24) is 19.7 Å². The van der Waals surface area contributed by atoms with E-state index in [1.165, 1.54) is 6.33 Å². The number of aromatic nitrogens is 4. The van der Waals surface area contributed by atoms with Crippen LogP contribution in [0.2, 0.25) is 5.02 Å². The normalized spacial score (nSPS) is 24.3. The molecule has 0 aromatic carbocycles. The average molecular weight is 337 g/mol. The monoisotopic (exact) mass is 336 g/mol. The van der Waals surface area contributed by atoms with E-state index in [-0.39, 0.29) is 29.6 Å². The van der Waals surface area contributed by atoms with Gasteiger partial charge in [0.25, 0.3) is 0 Å². The zero-order valence-electron chi connectivity index (χ0n) is 13.4. The molecule has 3 rings (SSSR count). The summed E-state index contributed by atoms with van der Waals surface area (Å²) in [5, 5.41) is 8.03. The molecule has 8 heteroatoms. The second-order valence-corrected chi connectivity index (χ2v) is 7.03. The Balaban J connectivity index is 1.78. The molecule has 0 amide bonds. The highest BCUT2D eigenvalue weighted by Crippen LogP contribution is 2.40. The van der Waals surface area contributed by atoms with Crippen molar-refractivity contribution in [2.75, 3.05) is 11.1 Å². The number of anilines is 2. The average Bonchev–Trinajstić information content (AvgIpc) is 2.94. The van der Waals surface area contributed by atoms with E-state index in [1.807, 2.05) is 16.9 Å². The third-order valence-corrected chi connectivity index (χ3v) is 4.13. The Kier molecular flexibility index (Phi) is 4.16. The Labute approximate surface area is 140 Å². The first kappa shape index (κ1) is 16.0. The maximum Gasteiger partial charge on any atom is 0.150 e. The molecule has 0 bridgehead atoms. The van der Waals surface area contributed by atoms with Gasteiger partial charge in [0.2, 0.25) is 0 Å². The van der Waals surface area contributed by atoms with E-state index in [4.69, 9.17) is 22.1 Å². The fourth-order valence-corrected chi connectivity index (χ4v) is 2.93. The van der Waals surface area contributed by atoms with E-state index in [2.05, 4.69) is 41.2 Å². The summed E-state index contributed by atoms with van der Waals surface area (Å²) in [6.45, 7) is 6.15. The molecule has 124 valence electrons. The summed E-state index contributed by atoms with van der Waals surface area (Å²) >= 11 is 6.17. The van der Waals surface area contributed by atoms with Crippen LogP contribution in [0, 0.1) is 0 Å². The molecule has 1 aliphatic rings. The minimum absolute atomic E-state index is 0.0662. The molecule has 1 fully saturated rings. The largest absolute Gasteiger partial charge is 0.382 e. The van der Waals surface area contributed by atoms with Gasteiger partial charge in [0.1, 0.15) is 17.2 Å². The zero-order valence-corrected chi connectivity index (χ0v) is 14.2. The lowest BCUT2D eigenvalue weighted by molar-refractivity contribution is -0.126. The predicted octanol–water partition coefficient (Wildman–Crippen LogP) is 2.52. The topological polar surface area (TPSA) is 90.9 Å². The van der Waals surface area contributed by atoms with E-state index in [9.17, 15) is 0 Å². The van der Waals surface area contributed by atoms with Crippen LogP contribution in [-0.2, 0) is 4.74 Å². The van der Waals surface area contributed by atoms with Crippen LogP contribution in [0.1, 0.15) is 33.2 Å². The third kappa shape index (κ3) is 3.40. The lowest BCUT2D eigenvalue weighted by Crippen LogP contribution is -2.54. The molecule has 0 radical (unpaired) electrons. The number of halogens is 1.